The highest BCUT2D eigenvalue weighted by molar-refractivity contribution is 7.99. The number of nitrogens with zero attached hydrogens (tertiary/aromatic N) is 4. The van der Waals surface area contributed by atoms with Crippen molar-refractivity contribution in [3.05, 3.63) is 71.6 Å². The van der Waals surface area contributed by atoms with E-state index in [0.29, 0.717) is 24.5 Å². The number of hydrogen-bond acceptors (Lipinski definition) is 7. The van der Waals surface area contributed by atoms with Crippen LogP contribution in [0.25, 0.3) is 16.4 Å². The van der Waals surface area contributed by atoms with Gasteiger partial charge in [-0.15, -0.1) is 21.5 Å². The van der Waals surface area contributed by atoms with E-state index in [1.807, 2.05) is 54.9 Å². The Morgan fingerprint density at radius 3 is 2.56 bits per heavy atom. The van der Waals surface area contributed by atoms with E-state index < -0.39 is 0 Å². The number of likely N-dealkylation sites (N-methyl/N-ethyl adjacent to an activating group) is 1. The summed E-state index contributed by atoms with van der Waals surface area (Å²) in [5.74, 6) is 3.16. The number of methoxy groups -OCH3 is 2. The lowest BCUT2D eigenvalue weighted by atomic mass is 10.1. The van der Waals surface area contributed by atoms with Gasteiger partial charge in [-0.05, 0) is 54.1 Å². The Hall–Kier alpha value is -3.30. The fourth-order valence-corrected chi connectivity index (χ4v) is 5.36. The lowest BCUT2D eigenvalue weighted by Crippen LogP contribution is -2.28. The summed E-state index contributed by atoms with van der Waals surface area (Å²) in [6.07, 6.45) is 2.01. The Morgan fingerprint density at radius 2 is 1.83 bits per heavy atom. The average Bonchev–Trinajstić information content (AvgIpc) is 3.60. The van der Waals surface area contributed by atoms with Crippen LogP contribution in [0.2, 0.25) is 0 Å². The van der Waals surface area contributed by atoms with E-state index in [9.17, 15) is 4.79 Å². The molecule has 9 heteroatoms. The summed E-state index contributed by atoms with van der Waals surface area (Å²) in [5.41, 5.74) is 2.13. The standard InChI is InChI=1S/C27H30N4O3S2/c1-30(16-15-20-13-14-22(33-2)23(19-20)34-3)25(32)12-8-18-36-27-29-28-26(24-11-7-17-35-24)31(27)21-9-5-4-6-10-21/h4-7,9-11,13-14,17,19H,8,12,15-16,18H2,1-3H3. The predicted molar refractivity (Wildman–Crippen MR) is 146 cm³/mol. The Kier molecular flexibility index (Phi) is 9.02. The van der Waals surface area contributed by atoms with E-state index in [0.717, 1.165) is 45.7 Å². The van der Waals surface area contributed by atoms with Gasteiger partial charge < -0.3 is 14.4 Å². The second-order valence-corrected chi connectivity index (χ2v) is 10.2. The highest BCUT2D eigenvalue weighted by atomic mass is 32.2. The molecule has 36 heavy (non-hydrogen) atoms. The normalized spacial score (nSPS) is 10.9. The Labute approximate surface area is 220 Å². The maximum atomic E-state index is 12.7. The predicted octanol–water partition coefficient (Wildman–Crippen LogP) is 5.59. The molecule has 0 fully saturated rings. The van der Waals surface area contributed by atoms with Crippen LogP contribution >= 0.6 is 23.1 Å². The van der Waals surface area contributed by atoms with Crippen LogP contribution in [0, 0.1) is 0 Å². The number of carbonyl (C=O) groups excluding carboxylic acids is 1. The average molecular weight is 523 g/mol. The van der Waals surface area contributed by atoms with Gasteiger partial charge in [-0.2, -0.15) is 0 Å². The van der Waals surface area contributed by atoms with E-state index in [1.165, 1.54) is 0 Å². The summed E-state index contributed by atoms with van der Waals surface area (Å²) in [5, 5.41) is 11.8. The van der Waals surface area contributed by atoms with Crippen LogP contribution in [-0.4, -0.2) is 59.1 Å². The lowest BCUT2D eigenvalue weighted by molar-refractivity contribution is -0.129. The molecule has 0 N–H and O–H groups in total. The van der Waals surface area contributed by atoms with Crippen molar-refractivity contribution in [2.75, 3.05) is 33.6 Å². The van der Waals surface area contributed by atoms with Crippen LogP contribution in [-0.2, 0) is 11.2 Å². The van der Waals surface area contributed by atoms with Crippen molar-refractivity contribution < 1.29 is 14.3 Å². The number of aromatic nitrogens is 3. The van der Waals surface area contributed by atoms with E-state index >= 15 is 0 Å². The van der Waals surface area contributed by atoms with Gasteiger partial charge in [0.15, 0.2) is 22.5 Å². The van der Waals surface area contributed by atoms with Crippen LogP contribution < -0.4 is 9.47 Å². The minimum absolute atomic E-state index is 0.139. The molecule has 4 rings (SSSR count). The number of rotatable bonds is 12. The molecule has 2 heterocycles. The number of amides is 1. The smallest absolute Gasteiger partial charge is 0.222 e. The third-order valence-electron chi connectivity index (χ3n) is 5.77. The maximum Gasteiger partial charge on any atom is 0.222 e. The number of hydrogen-bond donors (Lipinski definition) is 0. The Bertz CT molecular complexity index is 1260. The molecule has 0 atom stereocenters. The molecule has 0 aliphatic carbocycles. The van der Waals surface area contributed by atoms with E-state index in [4.69, 9.17) is 9.47 Å². The van der Waals surface area contributed by atoms with E-state index in [1.54, 1.807) is 42.2 Å². The highest BCUT2D eigenvalue weighted by Crippen LogP contribution is 2.31. The number of ether oxygens (including phenoxy) is 2. The fourth-order valence-electron chi connectivity index (χ4n) is 3.77. The lowest BCUT2D eigenvalue weighted by Gasteiger charge is -2.17. The number of para-hydroxylation sites is 1. The van der Waals surface area contributed by atoms with Crippen molar-refractivity contribution in [2.24, 2.45) is 0 Å². The van der Waals surface area contributed by atoms with Gasteiger partial charge in [-0.3, -0.25) is 9.36 Å². The summed E-state index contributed by atoms with van der Waals surface area (Å²) in [6.45, 7) is 0.647. The van der Waals surface area contributed by atoms with Crippen LogP contribution in [0.3, 0.4) is 0 Å². The van der Waals surface area contributed by atoms with Crippen molar-refractivity contribution >= 4 is 29.0 Å². The van der Waals surface area contributed by atoms with Gasteiger partial charge in [0.25, 0.3) is 0 Å². The van der Waals surface area contributed by atoms with Crippen LogP contribution in [0.1, 0.15) is 18.4 Å². The first kappa shape index (κ1) is 25.8. The molecule has 0 bridgehead atoms. The summed E-state index contributed by atoms with van der Waals surface area (Å²) >= 11 is 3.27. The van der Waals surface area contributed by atoms with Gasteiger partial charge in [-0.1, -0.05) is 42.1 Å². The zero-order valence-electron chi connectivity index (χ0n) is 20.7. The first-order chi connectivity index (χ1) is 17.6. The second-order valence-electron chi connectivity index (χ2n) is 8.16. The second kappa shape index (κ2) is 12.6. The SMILES string of the molecule is COc1ccc(CCN(C)C(=O)CCCSc2nnc(-c3cccs3)n2-c2ccccc2)cc1OC. The quantitative estimate of drug-likeness (QED) is 0.179. The molecule has 2 aromatic heterocycles. The first-order valence-corrected chi connectivity index (χ1v) is 13.6. The molecule has 4 aromatic rings. The third-order valence-corrected chi connectivity index (χ3v) is 7.65. The first-order valence-electron chi connectivity index (χ1n) is 11.7. The summed E-state index contributed by atoms with van der Waals surface area (Å²) in [6, 6.07) is 20.1. The van der Waals surface area contributed by atoms with Gasteiger partial charge >= 0.3 is 0 Å². The van der Waals surface area contributed by atoms with Gasteiger partial charge in [-0.25, -0.2) is 0 Å². The molecular formula is C27H30N4O3S2. The largest absolute Gasteiger partial charge is 0.493 e. The Balaban J connectivity index is 1.30. The minimum Gasteiger partial charge on any atom is -0.493 e. The zero-order chi connectivity index (χ0) is 25.3. The van der Waals surface area contributed by atoms with Crippen molar-refractivity contribution in [1.82, 2.24) is 19.7 Å². The monoisotopic (exact) mass is 522 g/mol. The van der Waals surface area contributed by atoms with Crippen molar-refractivity contribution in [3.63, 3.8) is 0 Å². The number of thiophene rings is 1. The van der Waals surface area contributed by atoms with Gasteiger partial charge in [0.05, 0.1) is 19.1 Å². The molecular weight excluding hydrogens is 492 g/mol. The minimum atomic E-state index is 0.139. The third kappa shape index (κ3) is 6.27. The summed E-state index contributed by atoms with van der Waals surface area (Å²) < 4.78 is 12.8. The zero-order valence-corrected chi connectivity index (χ0v) is 22.3. The highest BCUT2D eigenvalue weighted by Gasteiger charge is 2.17. The fraction of sp³-hybridized carbons (Fsp3) is 0.296. The van der Waals surface area contributed by atoms with Crippen LogP contribution in [0.5, 0.6) is 11.5 Å². The Morgan fingerprint density at radius 1 is 1.03 bits per heavy atom. The van der Waals surface area contributed by atoms with Gasteiger partial charge in [0.2, 0.25) is 5.91 Å². The molecule has 2 aromatic carbocycles. The van der Waals surface area contributed by atoms with Crippen LogP contribution in [0.4, 0.5) is 0 Å². The van der Waals surface area contributed by atoms with E-state index in [-0.39, 0.29) is 5.91 Å². The number of thioether (sulfide) groups is 1. The molecule has 0 aliphatic rings. The molecule has 7 nitrogen and oxygen atoms in total. The molecule has 0 unspecified atom stereocenters. The van der Waals surface area contributed by atoms with E-state index in [2.05, 4.69) is 33.0 Å². The van der Waals surface area contributed by atoms with Crippen LogP contribution in [0.15, 0.2) is 71.2 Å². The molecule has 0 spiro atoms. The van der Waals surface area contributed by atoms with Crippen molar-refractivity contribution in [3.8, 4) is 27.9 Å². The molecule has 1 amide bonds. The van der Waals surface area contributed by atoms with Crippen molar-refractivity contribution in [1.29, 1.82) is 0 Å². The van der Waals surface area contributed by atoms with Gasteiger partial charge in [0, 0.05) is 31.5 Å². The molecule has 0 aliphatic heterocycles. The molecule has 0 saturated carbocycles. The molecule has 0 radical (unpaired) electrons. The summed E-state index contributed by atoms with van der Waals surface area (Å²) in [7, 11) is 5.10. The van der Waals surface area contributed by atoms with Gasteiger partial charge in [0.1, 0.15) is 0 Å². The molecule has 0 saturated heterocycles. The maximum absolute atomic E-state index is 12.7. The summed E-state index contributed by atoms with van der Waals surface area (Å²) in [4.78, 5) is 15.6. The number of carbonyl (C=O) groups is 1. The molecule has 188 valence electrons. The topological polar surface area (TPSA) is 69.5 Å². The van der Waals surface area contributed by atoms with Crippen molar-refractivity contribution in [2.45, 2.75) is 24.4 Å². The number of benzene rings is 2.